The Morgan fingerprint density at radius 2 is 1.90 bits per heavy atom. The maximum atomic E-state index is 12.1. The first-order valence-corrected chi connectivity index (χ1v) is 8.40. The molecular formula is C14H21BrN2O2S. The zero-order chi connectivity index (χ0) is 14.8. The van der Waals surface area contributed by atoms with Gasteiger partial charge in [0.2, 0.25) is 0 Å². The summed E-state index contributed by atoms with van der Waals surface area (Å²) in [5.41, 5.74) is -0.652. The van der Waals surface area contributed by atoms with Crippen molar-refractivity contribution < 1.29 is 9.90 Å². The molecule has 2 rings (SSSR count). The molecule has 1 aliphatic rings. The first-order chi connectivity index (χ1) is 9.33. The highest BCUT2D eigenvalue weighted by molar-refractivity contribution is 9.11. The van der Waals surface area contributed by atoms with Crippen molar-refractivity contribution in [2.45, 2.75) is 19.4 Å². The molecule has 1 fully saturated rings. The number of nitrogens with zero attached hydrogens (tertiary/aromatic N) is 2. The topological polar surface area (TPSA) is 43.8 Å². The van der Waals surface area contributed by atoms with Crippen LogP contribution in [0.15, 0.2) is 15.9 Å². The molecule has 1 aromatic heterocycles. The number of piperazine rings is 1. The summed E-state index contributed by atoms with van der Waals surface area (Å²) >= 11 is 4.87. The van der Waals surface area contributed by atoms with Gasteiger partial charge in [-0.1, -0.05) is 0 Å². The maximum Gasteiger partial charge on any atom is 0.186 e. The van der Waals surface area contributed by atoms with Gasteiger partial charge in [0.05, 0.1) is 20.8 Å². The quantitative estimate of drug-likeness (QED) is 0.816. The summed E-state index contributed by atoms with van der Waals surface area (Å²) in [5, 5.41) is 9.82. The van der Waals surface area contributed by atoms with Crippen molar-refractivity contribution >= 4 is 33.0 Å². The molecule has 0 atom stereocenters. The van der Waals surface area contributed by atoms with Crippen molar-refractivity contribution in [1.82, 2.24) is 9.80 Å². The van der Waals surface area contributed by atoms with Crippen molar-refractivity contribution in [3.05, 3.63) is 20.8 Å². The van der Waals surface area contributed by atoms with Crippen LogP contribution in [0, 0.1) is 0 Å². The van der Waals surface area contributed by atoms with Crippen LogP contribution in [-0.2, 0) is 0 Å². The molecule has 112 valence electrons. The number of carbonyl (C=O) groups excluding carboxylic acids is 1. The number of thiophene rings is 1. The van der Waals surface area contributed by atoms with Crippen LogP contribution in [0.5, 0.6) is 0 Å². The number of carbonyl (C=O) groups is 1. The Morgan fingerprint density at radius 1 is 1.30 bits per heavy atom. The average Bonchev–Trinajstić information content (AvgIpc) is 2.77. The molecule has 0 bridgehead atoms. The summed E-state index contributed by atoms with van der Waals surface area (Å²) in [5.74, 6) is 0.191. The number of Topliss-reactive ketones (excluding diaryl/α,β-unsaturated/α-hetero) is 1. The van der Waals surface area contributed by atoms with E-state index in [0.717, 1.165) is 34.8 Å². The third-order valence-corrected chi connectivity index (χ3v) is 4.96. The number of rotatable bonds is 5. The minimum atomic E-state index is -0.652. The highest BCUT2D eigenvalue weighted by atomic mass is 79.9. The number of hydrogen-bond acceptors (Lipinski definition) is 5. The summed E-state index contributed by atoms with van der Waals surface area (Å²) in [4.78, 5) is 17.4. The van der Waals surface area contributed by atoms with Crippen LogP contribution in [0.3, 0.4) is 0 Å². The van der Waals surface area contributed by atoms with E-state index in [4.69, 9.17) is 0 Å². The first kappa shape index (κ1) is 16.1. The molecule has 1 saturated heterocycles. The van der Waals surface area contributed by atoms with Gasteiger partial charge in [0, 0.05) is 32.7 Å². The Bertz CT molecular complexity index is 462. The molecule has 1 aliphatic heterocycles. The Hall–Kier alpha value is -0.270. The Morgan fingerprint density at radius 3 is 2.40 bits per heavy atom. The van der Waals surface area contributed by atoms with E-state index >= 15 is 0 Å². The van der Waals surface area contributed by atoms with Crippen molar-refractivity contribution in [1.29, 1.82) is 0 Å². The second kappa shape index (κ2) is 6.66. The fourth-order valence-corrected chi connectivity index (χ4v) is 3.71. The zero-order valence-corrected chi connectivity index (χ0v) is 14.3. The lowest BCUT2D eigenvalue weighted by atomic mass is 10.1. The number of halogens is 1. The Labute approximate surface area is 132 Å². The van der Waals surface area contributed by atoms with Crippen LogP contribution >= 0.6 is 27.3 Å². The molecule has 0 unspecified atom stereocenters. The van der Waals surface area contributed by atoms with E-state index in [1.54, 1.807) is 0 Å². The molecule has 4 nitrogen and oxygen atoms in total. The summed E-state index contributed by atoms with van der Waals surface area (Å²) in [6, 6.07) is 3.79. The molecule has 0 aliphatic carbocycles. The van der Waals surface area contributed by atoms with Gasteiger partial charge < -0.3 is 5.11 Å². The zero-order valence-electron chi connectivity index (χ0n) is 11.9. The predicted octanol–water partition coefficient (Wildman–Crippen LogP) is 2.08. The van der Waals surface area contributed by atoms with Crippen LogP contribution in [0.4, 0.5) is 0 Å². The van der Waals surface area contributed by atoms with E-state index in [9.17, 15) is 9.90 Å². The first-order valence-electron chi connectivity index (χ1n) is 6.79. The largest absolute Gasteiger partial charge is 0.389 e. The number of hydrogen-bond donors (Lipinski definition) is 1. The van der Waals surface area contributed by atoms with E-state index in [-0.39, 0.29) is 5.78 Å². The van der Waals surface area contributed by atoms with Gasteiger partial charge in [-0.3, -0.25) is 14.6 Å². The molecule has 1 aromatic rings. The molecule has 20 heavy (non-hydrogen) atoms. The van der Waals surface area contributed by atoms with Gasteiger partial charge in [0.15, 0.2) is 5.78 Å². The van der Waals surface area contributed by atoms with Gasteiger partial charge in [-0.05, 0) is 41.9 Å². The lowest BCUT2D eigenvalue weighted by molar-refractivity contribution is 0.0179. The minimum Gasteiger partial charge on any atom is -0.389 e. The third-order valence-electron chi connectivity index (χ3n) is 3.29. The number of aliphatic hydroxyl groups is 1. The lowest BCUT2D eigenvalue weighted by Gasteiger charge is -2.36. The van der Waals surface area contributed by atoms with Crippen molar-refractivity contribution in [2.24, 2.45) is 0 Å². The van der Waals surface area contributed by atoms with Crippen molar-refractivity contribution in [3.63, 3.8) is 0 Å². The summed E-state index contributed by atoms with van der Waals surface area (Å²) in [7, 11) is 0. The van der Waals surface area contributed by atoms with Gasteiger partial charge in [-0.15, -0.1) is 11.3 Å². The van der Waals surface area contributed by atoms with Crippen molar-refractivity contribution in [2.75, 3.05) is 39.3 Å². The molecule has 0 aromatic carbocycles. The molecule has 0 saturated carbocycles. The second-order valence-corrected chi connectivity index (χ2v) is 8.35. The molecule has 0 radical (unpaired) electrons. The van der Waals surface area contributed by atoms with E-state index in [0.29, 0.717) is 13.1 Å². The van der Waals surface area contributed by atoms with E-state index in [1.165, 1.54) is 11.3 Å². The van der Waals surface area contributed by atoms with Gasteiger partial charge in [0.1, 0.15) is 0 Å². The summed E-state index contributed by atoms with van der Waals surface area (Å²) in [6.07, 6.45) is 0. The van der Waals surface area contributed by atoms with Crippen molar-refractivity contribution in [3.8, 4) is 0 Å². The summed E-state index contributed by atoms with van der Waals surface area (Å²) in [6.45, 7) is 8.42. The maximum absolute atomic E-state index is 12.1. The smallest absolute Gasteiger partial charge is 0.186 e. The van der Waals surface area contributed by atoms with Crippen LogP contribution in [0.2, 0.25) is 0 Å². The van der Waals surface area contributed by atoms with E-state index < -0.39 is 5.60 Å². The molecule has 1 N–H and O–H groups in total. The fraction of sp³-hybridized carbons (Fsp3) is 0.643. The highest BCUT2D eigenvalue weighted by Gasteiger charge is 2.24. The van der Waals surface area contributed by atoms with Crippen LogP contribution in [0.1, 0.15) is 23.5 Å². The van der Waals surface area contributed by atoms with Gasteiger partial charge in [-0.25, -0.2) is 0 Å². The lowest BCUT2D eigenvalue weighted by Crippen LogP contribution is -2.51. The molecule has 6 heteroatoms. The van der Waals surface area contributed by atoms with Crippen LogP contribution in [0.25, 0.3) is 0 Å². The minimum absolute atomic E-state index is 0.191. The molecule has 2 heterocycles. The van der Waals surface area contributed by atoms with Gasteiger partial charge in [0.25, 0.3) is 0 Å². The molecular weight excluding hydrogens is 340 g/mol. The standard InChI is InChI=1S/C14H21BrN2O2S/c1-14(2,19)10-17-7-5-16(6-8-17)9-11(18)12-3-4-13(15)20-12/h3-4,19H,5-10H2,1-2H3. The van der Waals surface area contributed by atoms with Crippen LogP contribution < -0.4 is 0 Å². The predicted molar refractivity (Wildman–Crippen MR) is 85.5 cm³/mol. The number of ketones is 1. The average molecular weight is 361 g/mol. The normalized spacial score (nSPS) is 18.4. The highest BCUT2D eigenvalue weighted by Crippen LogP contribution is 2.22. The fourth-order valence-electron chi connectivity index (χ4n) is 2.40. The number of β-amino-alcohol motifs (C(OH)–C–C–N with tert-alkyl or cyclic N) is 1. The second-order valence-electron chi connectivity index (χ2n) is 5.89. The Kier molecular flexibility index (Phi) is 5.36. The van der Waals surface area contributed by atoms with E-state index in [1.807, 2.05) is 26.0 Å². The van der Waals surface area contributed by atoms with Gasteiger partial charge >= 0.3 is 0 Å². The third kappa shape index (κ3) is 4.93. The summed E-state index contributed by atoms with van der Waals surface area (Å²) < 4.78 is 0.996. The Balaban J connectivity index is 1.78. The monoisotopic (exact) mass is 360 g/mol. The SMILES string of the molecule is CC(C)(O)CN1CCN(CC(=O)c2ccc(Br)s2)CC1. The van der Waals surface area contributed by atoms with E-state index in [2.05, 4.69) is 25.7 Å². The van der Waals surface area contributed by atoms with Gasteiger partial charge in [-0.2, -0.15) is 0 Å². The van der Waals surface area contributed by atoms with Crippen LogP contribution in [-0.4, -0.2) is 65.6 Å². The molecule has 0 spiro atoms. The molecule has 0 amide bonds.